The zero-order valence-electron chi connectivity index (χ0n) is 21.8. The van der Waals surface area contributed by atoms with Crippen molar-refractivity contribution in [2.24, 2.45) is 0 Å². The number of halogens is 3. The van der Waals surface area contributed by atoms with Crippen LogP contribution in [0, 0.1) is 0 Å². The van der Waals surface area contributed by atoms with Crippen molar-refractivity contribution in [3.63, 3.8) is 0 Å². The smallest absolute Gasteiger partial charge is 0.417 e. The van der Waals surface area contributed by atoms with Crippen LogP contribution in [0.5, 0.6) is 11.5 Å². The number of rotatable bonds is 0. The highest BCUT2D eigenvalue weighted by Gasteiger charge is 2.34. The van der Waals surface area contributed by atoms with Gasteiger partial charge < -0.3 is 32.8 Å². The van der Waals surface area contributed by atoms with Crippen LogP contribution in [0.3, 0.4) is 0 Å². The topological polar surface area (TPSA) is 92.1 Å². The number of alkyl halides is 3. The van der Waals surface area contributed by atoms with Crippen molar-refractivity contribution in [3.8, 4) is 11.5 Å². The maximum absolute atomic E-state index is 13.7. The largest absolute Gasteiger partial charge is 0.488 e. The van der Waals surface area contributed by atoms with Crippen LogP contribution in [0.1, 0.15) is 5.56 Å². The SMILES string of the molecule is O=c1cc(C(F)(F)F)c2cc3c(cc2o1)OCCN1CCOCCOCCN(CCOCCOCC1)CCO3. The van der Waals surface area contributed by atoms with Gasteiger partial charge in [0.15, 0.2) is 11.5 Å². The molecule has 2 aromatic rings. The van der Waals surface area contributed by atoms with Gasteiger partial charge in [-0.2, -0.15) is 13.2 Å². The molecule has 0 amide bonds. The Kier molecular flexibility index (Phi) is 11.2. The molecule has 0 radical (unpaired) electrons. The van der Waals surface area contributed by atoms with E-state index >= 15 is 0 Å². The highest BCUT2D eigenvalue weighted by atomic mass is 19.4. The first-order valence-corrected chi connectivity index (χ1v) is 13.1. The summed E-state index contributed by atoms with van der Waals surface area (Å²) in [5, 5.41) is -0.275. The van der Waals surface area contributed by atoms with Gasteiger partial charge in [0.05, 0.1) is 58.4 Å². The molecule has 0 saturated carbocycles. The van der Waals surface area contributed by atoms with Gasteiger partial charge in [-0.15, -0.1) is 0 Å². The van der Waals surface area contributed by atoms with E-state index < -0.39 is 17.4 Å². The summed E-state index contributed by atoms with van der Waals surface area (Å²) < 4.78 is 81.1. The van der Waals surface area contributed by atoms with Crippen LogP contribution in [0.25, 0.3) is 11.0 Å². The fourth-order valence-electron chi connectivity index (χ4n) is 4.29. The molecule has 0 aliphatic carbocycles. The zero-order chi connectivity index (χ0) is 27.5. The molecular formula is C26H35F3N2O8. The van der Waals surface area contributed by atoms with Gasteiger partial charge in [0, 0.05) is 56.8 Å². The third-order valence-electron chi connectivity index (χ3n) is 6.40. The molecule has 13 heteroatoms. The average molecular weight is 561 g/mol. The molecule has 4 heterocycles. The molecule has 218 valence electrons. The summed E-state index contributed by atoms with van der Waals surface area (Å²) in [7, 11) is 0. The third-order valence-corrected chi connectivity index (χ3v) is 6.40. The van der Waals surface area contributed by atoms with Gasteiger partial charge in [0.1, 0.15) is 18.8 Å². The molecule has 10 nitrogen and oxygen atoms in total. The van der Waals surface area contributed by atoms with Crippen molar-refractivity contribution in [2.45, 2.75) is 6.18 Å². The summed E-state index contributed by atoms with van der Waals surface area (Å²) in [6.45, 7) is 7.72. The first-order chi connectivity index (χ1) is 18.9. The Morgan fingerprint density at radius 3 is 1.49 bits per heavy atom. The van der Waals surface area contributed by atoms with E-state index in [-0.39, 0.29) is 35.7 Å². The van der Waals surface area contributed by atoms with Crippen LogP contribution in [0.15, 0.2) is 27.4 Å². The highest BCUT2D eigenvalue weighted by Crippen LogP contribution is 2.39. The molecule has 3 aliphatic heterocycles. The number of hydrogen-bond donors (Lipinski definition) is 0. The Balaban J connectivity index is 1.64. The van der Waals surface area contributed by atoms with Gasteiger partial charge in [-0.1, -0.05) is 0 Å². The van der Waals surface area contributed by atoms with E-state index in [1.54, 1.807) is 0 Å². The molecule has 1 fully saturated rings. The fraction of sp³-hybridized carbons (Fsp3) is 0.654. The second-order valence-corrected chi connectivity index (χ2v) is 9.10. The molecule has 3 aliphatic rings. The minimum Gasteiger partial charge on any atom is -0.488 e. The van der Waals surface area contributed by atoms with Crippen molar-refractivity contribution in [3.05, 3.63) is 34.2 Å². The fourth-order valence-corrected chi connectivity index (χ4v) is 4.29. The Labute approximate surface area is 224 Å². The standard InChI is InChI=1S/C26H35F3N2O8/c27-26(28,29)21-18-25(32)39-22-19-24-23(17-20(21)22)37-11-5-30-1-7-33-13-15-35-9-3-31(6-12-38-24)4-10-36-16-14-34-8-2-30/h17-19H,1-16H2. The van der Waals surface area contributed by atoms with Crippen LogP contribution in [0.4, 0.5) is 13.2 Å². The number of ether oxygens (including phenoxy) is 6. The van der Waals surface area contributed by atoms with Crippen LogP contribution < -0.4 is 15.1 Å². The lowest BCUT2D eigenvalue weighted by Gasteiger charge is -2.25. The summed E-state index contributed by atoms with van der Waals surface area (Å²) in [4.78, 5) is 16.1. The summed E-state index contributed by atoms with van der Waals surface area (Å²) in [6.07, 6.45) is -4.74. The third kappa shape index (κ3) is 9.33. The average Bonchev–Trinajstić information content (AvgIpc) is 2.89. The Bertz CT molecular complexity index is 1080. The van der Waals surface area contributed by atoms with Crippen molar-refractivity contribution in [1.82, 2.24) is 9.80 Å². The van der Waals surface area contributed by atoms with Crippen molar-refractivity contribution >= 4 is 11.0 Å². The van der Waals surface area contributed by atoms with E-state index in [4.69, 9.17) is 32.8 Å². The summed E-state index contributed by atoms with van der Waals surface area (Å²) >= 11 is 0. The number of benzene rings is 1. The lowest BCUT2D eigenvalue weighted by atomic mass is 10.1. The lowest BCUT2D eigenvalue weighted by molar-refractivity contribution is -0.136. The first-order valence-electron chi connectivity index (χ1n) is 13.1. The molecule has 0 spiro atoms. The molecule has 0 N–H and O–H groups in total. The second-order valence-electron chi connectivity index (χ2n) is 9.10. The van der Waals surface area contributed by atoms with E-state index in [1.807, 2.05) is 0 Å². The molecule has 0 atom stereocenters. The number of hydrogen-bond acceptors (Lipinski definition) is 10. The minimum absolute atomic E-state index is 0.134. The van der Waals surface area contributed by atoms with Crippen LogP contribution in [-0.4, -0.2) is 115 Å². The number of nitrogens with zero attached hydrogens (tertiary/aromatic N) is 2. The molecule has 5 rings (SSSR count). The molecule has 1 aromatic heterocycles. The zero-order valence-corrected chi connectivity index (χ0v) is 21.8. The maximum atomic E-state index is 13.7. The van der Waals surface area contributed by atoms with Crippen LogP contribution >= 0.6 is 0 Å². The van der Waals surface area contributed by atoms with Gasteiger partial charge in [-0.3, -0.25) is 9.80 Å². The van der Waals surface area contributed by atoms with E-state index in [0.717, 1.165) is 0 Å². The molecular weight excluding hydrogens is 525 g/mol. The minimum atomic E-state index is -4.74. The highest BCUT2D eigenvalue weighted by molar-refractivity contribution is 5.84. The van der Waals surface area contributed by atoms with Gasteiger partial charge >= 0.3 is 11.8 Å². The van der Waals surface area contributed by atoms with Crippen LogP contribution in [-0.2, 0) is 25.1 Å². The predicted octanol–water partition coefficient (Wildman–Crippen LogP) is 2.27. The second kappa shape index (κ2) is 14.8. The van der Waals surface area contributed by atoms with Gasteiger partial charge in [-0.25, -0.2) is 4.79 Å². The molecule has 1 saturated heterocycles. The van der Waals surface area contributed by atoms with E-state index in [2.05, 4.69) is 9.80 Å². The van der Waals surface area contributed by atoms with Gasteiger partial charge in [0.2, 0.25) is 0 Å². The molecule has 39 heavy (non-hydrogen) atoms. The van der Waals surface area contributed by atoms with Crippen molar-refractivity contribution < 1.29 is 46.0 Å². The first kappa shape index (κ1) is 29.6. The molecule has 1 aromatic carbocycles. The molecule has 2 bridgehead atoms. The monoisotopic (exact) mass is 560 g/mol. The Hall–Kier alpha value is -2.42. The summed E-state index contributed by atoms with van der Waals surface area (Å²) in [5.74, 6) is 0.327. The predicted molar refractivity (Wildman–Crippen MR) is 135 cm³/mol. The van der Waals surface area contributed by atoms with E-state index in [0.29, 0.717) is 98.2 Å². The van der Waals surface area contributed by atoms with Crippen molar-refractivity contribution in [2.75, 3.05) is 105 Å². The molecule has 0 unspecified atom stereocenters. The summed E-state index contributed by atoms with van der Waals surface area (Å²) in [5.41, 5.74) is -2.41. The summed E-state index contributed by atoms with van der Waals surface area (Å²) in [6, 6.07) is 2.96. The van der Waals surface area contributed by atoms with Gasteiger partial charge in [-0.05, 0) is 6.07 Å². The maximum Gasteiger partial charge on any atom is 0.417 e. The lowest BCUT2D eigenvalue weighted by Crippen LogP contribution is -2.36. The van der Waals surface area contributed by atoms with Crippen molar-refractivity contribution in [1.29, 1.82) is 0 Å². The van der Waals surface area contributed by atoms with Crippen LogP contribution in [0.2, 0.25) is 0 Å². The Morgan fingerprint density at radius 1 is 0.590 bits per heavy atom. The van der Waals surface area contributed by atoms with E-state index in [1.165, 1.54) is 12.1 Å². The number of fused-ring (bicyclic) bond motifs is 19. The van der Waals surface area contributed by atoms with Gasteiger partial charge in [0.25, 0.3) is 0 Å². The van der Waals surface area contributed by atoms with E-state index in [9.17, 15) is 18.0 Å². The Morgan fingerprint density at radius 2 is 1.03 bits per heavy atom. The normalized spacial score (nSPS) is 23.8. The quantitative estimate of drug-likeness (QED) is 0.447.